The van der Waals surface area contributed by atoms with Crippen molar-refractivity contribution in [2.75, 3.05) is 18.0 Å². The van der Waals surface area contributed by atoms with Crippen LogP contribution in [0.15, 0.2) is 16.7 Å². The van der Waals surface area contributed by atoms with E-state index >= 15 is 0 Å². The predicted octanol–water partition coefficient (Wildman–Crippen LogP) is 3.25. The van der Waals surface area contributed by atoms with Crippen molar-refractivity contribution in [1.29, 1.82) is 0 Å². The molecule has 0 aromatic carbocycles. The third-order valence-corrected chi connectivity index (χ3v) is 7.40. The zero-order valence-corrected chi connectivity index (χ0v) is 17.3. The number of hydrogen-bond donors (Lipinski definition) is 0. The number of ether oxygens (including phenoxy) is 1. The number of halogens is 1. The topological polar surface area (TPSA) is 45.7 Å². The van der Waals surface area contributed by atoms with Gasteiger partial charge in [-0.2, -0.15) is 0 Å². The monoisotopic (exact) mass is 419 g/mol. The Morgan fingerprint density at radius 3 is 2.50 bits per heavy atom. The zero-order valence-electron chi connectivity index (χ0n) is 15.7. The summed E-state index contributed by atoms with van der Waals surface area (Å²) in [7, 11) is 0. The molecule has 26 heavy (non-hydrogen) atoms. The highest BCUT2D eigenvalue weighted by Gasteiger charge is 2.55. The fraction of sp³-hybridized carbons (Fsp3) is 0.700. The highest BCUT2D eigenvalue weighted by atomic mass is 79.9. The second-order valence-electron chi connectivity index (χ2n) is 9.24. The molecule has 3 aliphatic heterocycles. The van der Waals surface area contributed by atoms with Gasteiger partial charge in [0.05, 0.1) is 29.0 Å². The molecule has 1 saturated carbocycles. The van der Waals surface area contributed by atoms with Crippen molar-refractivity contribution in [1.82, 2.24) is 9.88 Å². The van der Waals surface area contributed by atoms with E-state index in [2.05, 4.69) is 38.8 Å². The normalized spacial score (nSPS) is 38.4. The van der Waals surface area contributed by atoms with E-state index in [1.54, 1.807) is 6.20 Å². The third kappa shape index (κ3) is 2.34. The summed E-state index contributed by atoms with van der Waals surface area (Å²) in [5.74, 6) is 0.187. The van der Waals surface area contributed by atoms with Crippen LogP contribution in [0, 0.1) is 0 Å². The Morgan fingerprint density at radius 2 is 1.85 bits per heavy atom. The highest BCUT2D eigenvalue weighted by molar-refractivity contribution is 9.10. The lowest BCUT2D eigenvalue weighted by Crippen LogP contribution is -2.66. The summed E-state index contributed by atoms with van der Waals surface area (Å²) in [6, 6.07) is 2.32. The number of morpholine rings is 1. The molecule has 2 bridgehead atoms. The van der Waals surface area contributed by atoms with Crippen molar-refractivity contribution in [3.8, 4) is 0 Å². The second kappa shape index (κ2) is 5.52. The van der Waals surface area contributed by atoms with Crippen LogP contribution in [0.3, 0.4) is 0 Å². The molecule has 4 aliphatic rings. The van der Waals surface area contributed by atoms with Gasteiger partial charge < -0.3 is 9.64 Å². The van der Waals surface area contributed by atoms with Crippen LogP contribution in [0.25, 0.3) is 0 Å². The fourth-order valence-electron chi connectivity index (χ4n) is 5.42. The largest absolute Gasteiger partial charge is 0.372 e. The van der Waals surface area contributed by atoms with Gasteiger partial charge >= 0.3 is 0 Å². The number of nitrogens with zero attached hydrogens (tertiary/aromatic N) is 3. The minimum Gasteiger partial charge on any atom is -0.372 e. The average Bonchev–Trinajstić information content (AvgIpc) is 2.99. The molecule has 1 aliphatic carbocycles. The summed E-state index contributed by atoms with van der Waals surface area (Å²) < 4.78 is 6.93. The number of pyridine rings is 1. The first-order chi connectivity index (χ1) is 12.3. The fourth-order valence-corrected chi connectivity index (χ4v) is 5.74. The summed E-state index contributed by atoms with van der Waals surface area (Å²) in [5, 5.41) is 0. The Morgan fingerprint density at radius 1 is 1.19 bits per heavy atom. The maximum Gasteiger partial charge on any atom is 0.239 e. The smallest absolute Gasteiger partial charge is 0.239 e. The van der Waals surface area contributed by atoms with E-state index in [4.69, 9.17) is 4.74 Å². The highest BCUT2D eigenvalue weighted by Crippen LogP contribution is 2.49. The van der Waals surface area contributed by atoms with Gasteiger partial charge in [0.2, 0.25) is 5.91 Å². The first kappa shape index (κ1) is 17.1. The third-order valence-electron chi connectivity index (χ3n) is 6.96. The summed E-state index contributed by atoms with van der Waals surface area (Å²) in [6.45, 7) is 8.44. The lowest BCUT2D eigenvalue weighted by Gasteiger charge is -2.56. The molecule has 1 unspecified atom stereocenters. The van der Waals surface area contributed by atoms with Gasteiger partial charge in [0.25, 0.3) is 0 Å². The molecule has 2 atom stereocenters. The molecule has 0 spiro atoms. The van der Waals surface area contributed by atoms with E-state index in [9.17, 15) is 4.79 Å². The van der Waals surface area contributed by atoms with Crippen LogP contribution in [-0.4, -0.2) is 52.7 Å². The van der Waals surface area contributed by atoms with Gasteiger partial charge in [-0.3, -0.25) is 14.7 Å². The predicted molar refractivity (Wildman–Crippen MR) is 103 cm³/mol. The number of fused-ring (bicyclic) bond motifs is 3. The van der Waals surface area contributed by atoms with Crippen LogP contribution in [0.4, 0.5) is 5.69 Å². The number of aromatic nitrogens is 1. The molecule has 0 radical (unpaired) electrons. The minimum absolute atomic E-state index is 0.182. The van der Waals surface area contributed by atoms with Crippen LogP contribution in [0.5, 0.6) is 0 Å². The van der Waals surface area contributed by atoms with E-state index in [0.717, 1.165) is 41.8 Å². The van der Waals surface area contributed by atoms with Crippen molar-refractivity contribution >= 4 is 27.5 Å². The Bertz CT molecular complexity index is 762. The molecule has 140 valence electrons. The standard InChI is InChI=1S/C20H26BrN3O2/c1-19(2)17-16(6-12(21)9-22-17)24(18(19)25)13-7-20(3,8-13)23-10-14-4-5-15(11-23)26-14/h6,9,13-15H,4-5,7-8,10-11H2,1-3H3/t13?,14-,15?,20?/m0/s1. The van der Waals surface area contributed by atoms with E-state index in [-0.39, 0.29) is 17.5 Å². The Labute approximate surface area is 163 Å². The van der Waals surface area contributed by atoms with Gasteiger partial charge in [0, 0.05) is 35.3 Å². The van der Waals surface area contributed by atoms with E-state index in [0.29, 0.717) is 12.2 Å². The summed E-state index contributed by atoms with van der Waals surface area (Å²) in [4.78, 5) is 22.4. The summed E-state index contributed by atoms with van der Waals surface area (Å²) in [5.41, 5.74) is 1.54. The maximum atomic E-state index is 13.2. The molecule has 2 saturated heterocycles. The van der Waals surface area contributed by atoms with Gasteiger partial charge in [-0.25, -0.2) is 0 Å². The second-order valence-corrected chi connectivity index (χ2v) is 10.2. The Balaban J connectivity index is 1.38. The lowest BCUT2D eigenvalue weighted by atomic mass is 9.71. The molecule has 5 rings (SSSR count). The first-order valence-corrected chi connectivity index (χ1v) is 10.5. The van der Waals surface area contributed by atoms with Gasteiger partial charge in [0.15, 0.2) is 0 Å². The number of amides is 1. The Hall–Kier alpha value is -0.980. The number of likely N-dealkylation sites (tertiary alicyclic amines) is 1. The molecule has 1 aromatic heterocycles. The molecule has 0 N–H and O–H groups in total. The van der Waals surface area contributed by atoms with Crippen LogP contribution in [0.1, 0.15) is 52.1 Å². The van der Waals surface area contributed by atoms with Gasteiger partial charge in [-0.05, 0) is 68.5 Å². The maximum absolute atomic E-state index is 13.2. The van der Waals surface area contributed by atoms with Crippen molar-refractivity contribution in [3.05, 3.63) is 22.4 Å². The molecule has 5 nitrogen and oxygen atoms in total. The summed E-state index contributed by atoms with van der Waals surface area (Å²) >= 11 is 3.52. The molecule has 6 heteroatoms. The van der Waals surface area contributed by atoms with Crippen molar-refractivity contribution in [3.63, 3.8) is 0 Å². The minimum atomic E-state index is -0.542. The molecular weight excluding hydrogens is 394 g/mol. The van der Waals surface area contributed by atoms with Crippen LogP contribution < -0.4 is 4.90 Å². The van der Waals surface area contributed by atoms with E-state index in [1.165, 1.54) is 12.8 Å². The average molecular weight is 420 g/mol. The van der Waals surface area contributed by atoms with Gasteiger partial charge in [-0.1, -0.05) is 0 Å². The molecular formula is C20H26BrN3O2. The lowest BCUT2D eigenvalue weighted by molar-refractivity contribution is -0.125. The van der Waals surface area contributed by atoms with Crippen LogP contribution >= 0.6 is 15.9 Å². The Kier molecular flexibility index (Phi) is 3.64. The van der Waals surface area contributed by atoms with Crippen molar-refractivity contribution < 1.29 is 9.53 Å². The van der Waals surface area contributed by atoms with E-state index in [1.807, 2.05) is 18.7 Å². The number of carbonyl (C=O) groups is 1. The quantitative estimate of drug-likeness (QED) is 0.737. The first-order valence-electron chi connectivity index (χ1n) is 9.68. The van der Waals surface area contributed by atoms with Gasteiger partial charge in [0.1, 0.15) is 0 Å². The number of rotatable bonds is 2. The molecule has 4 heterocycles. The van der Waals surface area contributed by atoms with Gasteiger partial charge in [-0.15, -0.1) is 0 Å². The van der Waals surface area contributed by atoms with Crippen LogP contribution in [0.2, 0.25) is 0 Å². The van der Waals surface area contributed by atoms with Crippen molar-refractivity contribution in [2.45, 2.75) is 75.7 Å². The zero-order chi connectivity index (χ0) is 18.3. The molecule has 1 amide bonds. The van der Waals surface area contributed by atoms with Crippen molar-refractivity contribution in [2.24, 2.45) is 0 Å². The number of anilines is 1. The van der Waals surface area contributed by atoms with Crippen LogP contribution in [-0.2, 0) is 14.9 Å². The number of carbonyl (C=O) groups excluding carboxylic acids is 1. The van der Waals surface area contributed by atoms with E-state index < -0.39 is 5.41 Å². The SMILES string of the molecule is CC1(C)C(=O)N(C2CC(C)(N3CC4CC[C@@H](C3)O4)C2)c2cc(Br)cnc21. The number of hydrogen-bond acceptors (Lipinski definition) is 4. The molecule has 1 aromatic rings. The summed E-state index contributed by atoms with van der Waals surface area (Å²) in [6.07, 6.45) is 7.08. The molecule has 3 fully saturated rings.